The van der Waals surface area contributed by atoms with E-state index < -0.39 is 11.7 Å². The Kier molecular flexibility index (Phi) is 5.57. The highest BCUT2D eigenvalue weighted by molar-refractivity contribution is 6.45. The van der Waals surface area contributed by atoms with E-state index in [0.29, 0.717) is 54.6 Å². The van der Waals surface area contributed by atoms with Crippen LogP contribution in [0.3, 0.4) is 0 Å². The van der Waals surface area contributed by atoms with Crippen molar-refractivity contribution in [1.82, 2.24) is 14.9 Å². The SMILES string of the molecule is Cc1cc(C)cc(N2C(=O)C(c3ccc(F)cc3)=C(N3CCN(c4ncccn4)CC3)C2=O)c1. The molecule has 172 valence electrons. The van der Waals surface area contributed by atoms with Crippen LogP contribution in [0.15, 0.2) is 66.6 Å². The average Bonchev–Trinajstić information content (AvgIpc) is 3.09. The Hall–Kier alpha value is -4.07. The summed E-state index contributed by atoms with van der Waals surface area (Å²) in [4.78, 5) is 41.2. The summed E-state index contributed by atoms with van der Waals surface area (Å²) in [6.07, 6.45) is 3.40. The molecule has 5 rings (SSSR count). The Labute approximate surface area is 197 Å². The fourth-order valence-electron chi connectivity index (χ4n) is 4.59. The average molecular weight is 458 g/mol. The van der Waals surface area contributed by atoms with Crippen LogP contribution in [0, 0.1) is 19.7 Å². The van der Waals surface area contributed by atoms with Crippen LogP contribution in [0.5, 0.6) is 0 Å². The van der Waals surface area contributed by atoms with Gasteiger partial charge < -0.3 is 9.80 Å². The van der Waals surface area contributed by atoms with Crippen molar-refractivity contribution in [2.24, 2.45) is 0 Å². The van der Waals surface area contributed by atoms with Crippen LogP contribution in [0.25, 0.3) is 5.57 Å². The number of aryl methyl sites for hydroxylation is 2. The molecule has 8 heteroatoms. The molecule has 3 heterocycles. The van der Waals surface area contributed by atoms with Gasteiger partial charge in [0, 0.05) is 38.6 Å². The predicted molar refractivity (Wildman–Crippen MR) is 128 cm³/mol. The minimum atomic E-state index is -0.398. The van der Waals surface area contributed by atoms with Gasteiger partial charge in [-0.3, -0.25) is 9.59 Å². The highest BCUT2D eigenvalue weighted by Gasteiger charge is 2.43. The Morgan fingerprint density at radius 3 is 2.00 bits per heavy atom. The van der Waals surface area contributed by atoms with Gasteiger partial charge >= 0.3 is 0 Å². The highest BCUT2D eigenvalue weighted by Crippen LogP contribution is 2.36. The van der Waals surface area contributed by atoms with Crippen LogP contribution >= 0.6 is 0 Å². The first-order valence-electron chi connectivity index (χ1n) is 11.2. The van der Waals surface area contributed by atoms with E-state index in [1.54, 1.807) is 30.6 Å². The van der Waals surface area contributed by atoms with E-state index in [0.717, 1.165) is 11.1 Å². The van der Waals surface area contributed by atoms with E-state index in [1.807, 2.05) is 36.9 Å². The molecular weight excluding hydrogens is 433 g/mol. The summed E-state index contributed by atoms with van der Waals surface area (Å²) in [5.41, 5.74) is 3.64. The maximum absolute atomic E-state index is 13.7. The molecule has 0 aliphatic carbocycles. The third kappa shape index (κ3) is 3.91. The van der Waals surface area contributed by atoms with Gasteiger partial charge in [0.25, 0.3) is 11.8 Å². The van der Waals surface area contributed by atoms with E-state index in [1.165, 1.54) is 17.0 Å². The van der Waals surface area contributed by atoms with Gasteiger partial charge in [0.1, 0.15) is 11.5 Å². The van der Waals surface area contributed by atoms with Gasteiger partial charge in [-0.2, -0.15) is 0 Å². The molecule has 1 fully saturated rings. The number of rotatable bonds is 4. The molecule has 2 aliphatic heterocycles. The number of hydrogen-bond acceptors (Lipinski definition) is 6. The number of nitrogens with zero attached hydrogens (tertiary/aromatic N) is 5. The molecule has 7 nitrogen and oxygen atoms in total. The zero-order valence-electron chi connectivity index (χ0n) is 19.0. The minimum absolute atomic E-state index is 0.300. The van der Waals surface area contributed by atoms with Crippen LogP contribution in [0.1, 0.15) is 16.7 Å². The van der Waals surface area contributed by atoms with E-state index in [-0.39, 0.29) is 5.91 Å². The maximum Gasteiger partial charge on any atom is 0.282 e. The highest BCUT2D eigenvalue weighted by atomic mass is 19.1. The quantitative estimate of drug-likeness (QED) is 0.560. The second kappa shape index (κ2) is 8.70. The largest absolute Gasteiger partial charge is 0.363 e. The fraction of sp³-hybridized carbons (Fsp3) is 0.231. The summed E-state index contributed by atoms with van der Waals surface area (Å²) in [6.45, 7) is 6.13. The number of halogens is 1. The summed E-state index contributed by atoms with van der Waals surface area (Å²) in [6, 6.07) is 13.1. The Morgan fingerprint density at radius 1 is 0.794 bits per heavy atom. The molecule has 1 aromatic heterocycles. The Morgan fingerprint density at radius 2 is 1.38 bits per heavy atom. The third-order valence-corrected chi connectivity index (χ3v) is 6.09. The Balaban J connectivity index is 1.52. The van der Waals surface area contributed by atoms with Crippen molar-refractivity contribution in [3.63, 3.8) is 0 Å². The first-order valence-corrected chi connectivity index (χ1v) is 11.2. The molecule has 1 saturated heterocycles. The molecule has 0 spiro atoms. The second-order valence-electron chi connectivity index (χ2n) is 8.55. The van der Waals surface area contributed by atoms with Crippen LogP contribution < -0.4 is 9.80 Å². The summed E-state index contributed by atoms with van der Waals surface area (Å²) >= 11 is 0. The van der Waals surface area contributed by atoms with Crippen molar-refractivity contribution in [3.05, 3.63) is 89.1 Å². The van der Waals surface area contributed by atoms with Gasteiger partial charge in [0.05, 0.1) is 11.3 Å². The lowest BCUT2D eigenvalue weighted by Gasteiger charge is -2.36. The molecular formula is C26H24FN5O2. The molecule has 0 N–H and O–H groups in total. The number of amides is 2. The minimum Gasteiger partial charge on any atom is -0.363 e. The van der Waals surface area contributed by atoms with Crippen molar-refractivity contribution >= 4 is 29.0 Å². The van der Waals surface area contributed by atoms with Gasteiger partial charge in [-0.25, -0.2) is 19.3 Å². The van der Waals surface area contributed by atoms with Crippen LogP contribution in [0.2, 0.25) is 0 Å². The van der Waals surface area contributed by atoms with Crippen molar-refractivity contribution in [1.29, 1.82) is 0 Å². The van der Waals surface area contributed by atoms with Crippen molar-refractivity contribution in [2.45, 2.75) is 13.8 Å². The monoisotopic (exact) mass is 457 g/mol. The van der Waals surface area contributed by atoms with Crippen molar-refractivity contribution in [2.75, 3.05) is 36.0 Å². The van der Waals surface area contributed by atoms with Crippen molar-refractivity contribution < 1.29 is 14.0 Å². The summed E-state index contributed by atoms with van der Waals surface area (Å²) in [5, 5.41) is 0. The summed E-state index contributed by atoms with van der Waals surface area (Å²) in [7, 11) is 0. The molecule has 0 saturated carbocycles. The zero-order valence-corrected chi connectivity index (χ0v) is 19.0. The smallest absolute Gasteiger partial charge is 0.282 e. The second-order valence-corrected chi connectivity index (χ2v) is 8.55. The molecule has 0 unspecified atom stereocenters. The Bertz CT molecular complexity index is 1260. The molecule has 2 aliphatic rings. The molecule has 0 atom stereocenters. The van der Waals surface area contributed by atoms with Gasteiger partial charge in [0.15, 0.2) is 0 Å². The topological polar surface area (TPSA) is 69.6 Å². The lowest BCUT2D eigenvalue weighted by atomic mass is 10.0. The van der Waals surface area contributed by atoms with Crippen molar-refractivity contribution in [3.8, 4) is 0 Å². The number of hydrogen-bond donors (Lipinski definition) is 0. The van der Waals surface area contributed by atoms with Crippen LogP contribution in [0.4, 0.5) is 16.0 Å². The van der Waals surface area contributed by atoms with E-state index in [9.17, 15) is 14.0 Å². The number of piperazine rings is 1. The van der Waals surface area contributed by atoms with E-state index in [2.05, 4.69) is 14.9 Å². The van der Waals surface area contributed by atoms with Gasteiger partial charge in [0.2, 0.25) is 5.95 Å². The van der Waals surface area contributed by atoms with E-state index in [4.69, 9.17) is 0 Å². The third-order valence-electron chi connectivity index (χ3n) is 6.09. The number of imide groups is 1. The standard InChI is InChI=1S/C26H24FN5O2/c1-17-14-18(2)16-21(15-17)32-24(33)22(19-4-6-20(27)7-5-19)23(25(32)34)30-10-12-31(13-11-30)26-28-8-3-9-29-26/h3-9,14-16H,10-13H2,1-2H3. The summed E-state index contributed by atoms with van der Waals surface area (Å²) < 4.78 is 13.6. The lowest BCUT2D eigenvalue weighted by Crippen LogP contribution is -2.48. The number of carbonyl (C=O) groups excluding carboxylic acids is 2. The number of anilines is 2. The lowest BCUT2D eigenvalue weighted by molar-refractivity contribution is -0.120. The summed E-state index contributed by atoms with van der Waals surface area (Å²) in [5.74, 6) is -0.518. The van der Waals surface area contributed by atoms with Crippen LogP contribution in [-0.4, -0.2) is 52.9 Å². The zero-order chi connectivity index (χ0) is 23.8. The van der Waals surface area contributed by atoms with E-state index >= 15 is 0 Å². The maximum atomic E-state index is 13.7. The van der Waals surface area contributed by atoms with Crippen LogP contribution in [-0.2, 0) is 9.59 Å². The molecule has 2 aromatic carbocycles. The first-order chi connectivity index (χ1) is 16.4. The fourth-order valence-corrected chi connectivity index (χ4v) is 4.59. The number of carbonyl (C=O) groups is 2. The number of aromatic nitrogens is 2. The molecule has 3 aromatic rings. The predicted octanol–water partition coefficient (Wildman–Crippen LogP) is 3.34. The first kappa shape index (κ1) is 21.8. The van der Waals surface area contributed by atoms with Gasteiger partial charge in [-0.1, -0.05) is 18.2 Å². The van der Waals surface area contributed by atoms with Gasteiger partial charge in [-0.05, 0) is 60.9 Å². The normalized spacial score (nSPS) is 16.6. The van der Waals surface area contributed by atoms with Gasteiger partial charge in [-0.15, -0.1) is 0 Å². The number of benzene rings is 2. The molecule has 2 amide bonds. The molecule has 0 radical (unpaired) electrons. The molecule has 0 bridgehead atoms. The molecule has 34 heavy (non-hydrogen) atoms.